The number of hydrogen-bond acceptors (Lipinski definition) is 5. The summed E-state index contributed by atoms with van der Waals surface area (Å²) in [4.78, 5) is 0. The number of methoxy groups -OCH3 is 1. The van der Waals surface area contributed by atoms with E-state index in [1.807, 2.05) is 12.1 Å². The van der Waals surface area contributed by atoms with Crippen LogP contribution in [0.3, 0.4) is 0 Å². The van der Waals surface area contributed by atoms with Crippen LogP contribution in [0.15, 0.2) is 36.4 Å². The number of halogens is 1. The van der Waals surface area contributed by atoms with Gasteiger partial charge in [-0.15, -0.1) is 0 Å². The number of phenols is 1. The first-order valence-electron chi connectivity index (χ1n) is 7.48. The molecule has 0 aromatic heterocycles. The first kappa shape index (κ1) is 17.6. The van der Waals surface area contributed by atoms with E-state index in [0.29, 0.717) is 24.4 Å². The number of anilines is 1. The van der Waals surface area contributed by atoms with Crippen LogP contribution in [0.1, 0.15) is 11.1 Å². The van der Waals surface area contributed by atoms with Gasteiger partial charge in [-0.1, -0.05) is 12.1 Å². The normalized spacial score (nSPS) is 11.6. The summed E-state index contributed by atoms with van der Waals surface area (Å²) < 4.78 is 18.6. The number of aromatic hydroxyl groups is 1. The summed E-state index contributed by atoms with van der Waals surface area (Å²) in [6.45, 7) is 0.276. The molecule has 1 atom stereocenters. The third kappa shape index (κ3) is 4.15. The van der Waals surface area contributed by atoms with Crippen LogP contribution >= 0.6 is 0 Å². The van der Waals surface area contributed by atoms with E-state index in [9.17, 15) is 14.6 Å². The summed E-state index contributed by atoms with van der Waals surface area (Å²) in [6.07, 6.45) is 0.512. The van der Waals surface area contributed by atoms with Crippen LogP contribution in [-0.2, 0) is 6.42 Å². The average Bonchev–Trinajstić information content (AvgIpc) is 2.58. The number of ether oxygens (including phenoxy) is 1. The highest BCUT2D eigenvalue weighted by Crippen LogP contribution is 2.27. The largest absolute Gasteiger partial charge is 0.504 e. The maximum absolute atomic E-state index is 13.6. The molecule has 0 radical (unpaired) electrons. The predicted molar refractivity (Wildman–Crippen MR) is 88.5 cm³/mol. The molecule has 2 rings (SSSR count). The van der Waals surface area contributed by atoms with E-state index < -0.39 is 5.82 Å². The molecular weight excluding hydrogens is 311 g/mol. The summed E-state index contributed by atoms with van der Waals surface area (Å²) >= 11 is 0. The van der Waals surface area contributed by atoms with Gasteiger partial charge in [-0.2, -0.15) is 5.26 Å². The van der Waals surface area contributed by atoms with Gasteiger partial charge in [0.2, 0.25) is 0 Å². The van der Waals surface area contributed by atoms with E-state index in [1.54, 1.807) is 18.2 Å². The zero-order valence-electron chi connectivity index (χ0n) is 13.3. The highest BCUT2D eigenvalue weighted by molar-refractivity contribution is 5.57. The fraction of sp³-hybridized carbons (Fsp3) is 0.278. The van der Waals surface area contributed by atoms with Crippen molar-refractivity contribution in [3.63, 3.8) is 0 Å². The molecule has 0 aliphatic rings. The van der Waals surface area contributed by atoms with Gasteiger partial charge in [0.1, 0.15) is 17.4 Å². The second-order valence-corrected chi connectivity index (χ2v) is 5.41. The number of hydrogen-bond donors (Lipinski definition) is 3. The minimum absolute atomic E-state index is 0.0385. The van der Waals surface area contributed by atoms with Crippen LogP contribution in [0.2, 0.25) is 0 Å². The van der Waals surface area contributed by atoms with Gasteiger partial charge in [0, 0.05) is 19.1 Å². The molecule has 0 fully saturated rings. The smallest absolute Gasteiger partial charge is 0.160 e. The van der Waals surface area contributed by atoms with Crippen molar-refractivity contribution < 1.29 is 19.3 Å². The molecule has 0 heterocycles. The van der Waals surface area contributed by atoms with Crippen molar-refractivity contribution in [2.45, 2.75) is 6.42 Å². The molecule has 0 aliphatic heterocycles. The zero-order chi connectivity index (χ0) is 17.5. The van der Waals surface area contributed by atoms with Crippen molar-refractivity contribution in [2.24, 2.45) is 5.92 Å². The fourth-order valence-electron chi connectivity index (χ4n) is 2.44. The number of nitrogens with zero attached hydrogens (tertiary/aromatic N) is 1. The van der Waals surface area contributed by atoms with Crippen molar-refractivity contribution in [2.75, 3.05) is 25.6 Å². The van der Waals surface area contributed by atoms with Crippen LogP contribution in [0.4, 0.5) is 10.1 Å². The van der Waals surface area contributed by atoms with Gasteiger partial charge in [-0.25, -0.2) is 4.39 Å². The predicted octanol–water partition coefficient (Wildman–Crippen LogP) is 2.67. The maximum Gasteiger partial charge on any atom is 0.160 e. The lowest BCUT2D eigenvalue weighted by Crippen LogP contribution is -2.20. The van der Waals surface area contributed by atoms with Gasteiger partial charge < -0.3 is 20.3 Å². The lowest BCUT2D eigenvalue weighted by molar-refractivity contribution is 0.232. The van der Waals surface area contributed by atoms with Gasteiger partial charge >= 0.3 is 0 Å². The Balaban J connectivity index is 2.04. The SMILES string of the molecule is COc1ccc(C[C@@H](CO)CNc2cccc(F)c2C#N)cc1O. The van der Waals surface area contributed by atoms with E-state index in [1.165, 1.54) is 19.2 Å². The molecule has 0 bridgehead atoms. The zero-order valence-corrected chi connectivity index (χ0v) is 13.3. The summed E-state index contributed by atoms with van der Waals surface area (Å²) in [5, 5.41) is 31.4. The van der Waals surface area contributed by atoms with Crippen LogP contribution in [-0.4, -0.2) is 30.5 Å². The molecule has 2 aromatic carbocycles. The van der Waals surface area contributed by atoms with E-state index in [-0.39, 0.29) is 23.8 Å². The van der Waals surface area contributed by atoms with E-state index >= 15 is 0 Å². The summed E-state index contributed by atoms with van der Waals surface area (Å²) in [7, 11) is 1.47. The molecule has 3 N–H and O–H groups in total. The van der Waals surface area contributed by atoms with Crippen molar-refractivity contribution in [1.29, 1.82) is 5.26 Å². The molecule has 0 saturated heterocycles. The van der Waals surface area contributed by atoms with Gasteiger partial charge in [-0.05, 0) is 36.2 Å². The first-order valence-corrected chi connectivity index (χ1v) is 7.48. The monoisotopic (exact) mass is 330 g/mol. The van der Waals surface area contributed by atoms with Crippen molar-refractivity contribution in [1.82, 2.24) is 0 Å². The quantitative estimate of drug-likeness (QED) is 0.727. The van der Waals surface area contributed by atoms with Gasteiger partial charge in [-0.3, -0.25) is 0 Å². The first-order chi connectivity index (χ1) is 11.6. The molecule has 126 valence electrons. The summed E-state index contributed by atoms with van der Waals surface area (Å²) in [6, 6.07) is 11.3. The highest BCUT2D eigenvalue weighted by atomic mass is 19.1. The van der Waals surface area contributed by atoms with Crippen LogP contribution < -0.4 is 10.1 Å². The van der Waals surface area contributed by atoms with E-state index in [0.717, 1.165) is 5.56 Å². The van der Waals surface area contributed by atoms with Crippen molar-refractivity contribution >= 4 is 5.69 Å². The Morgan fingerprint density at radius 3 is 2.75 bits per heavy atom. The number of phenolic OH excluding ortho intramolecular Hbond substituents is 1. The Morgan fingerprint density at radius 2 is 2.12 bits per heavy atom. The second kappa shape index (κ2) is 8.18. The highest BCUT2D eigenvalue weighted by Gasteiger charge is 2.13. The Hall–Kier alpha value is -2.78. The maximum atomic E-state index is 13.6. The number of rotatable bonds is 7. The molecule has 0 saturated carbocycles. The third-order valence-electron chi connectivity index (χ3n) is 3.73. The van der Waals surface area contributed by atoms with Crippen LogP contribution in [0, 0.1) is 23.1 Å². The molecule has 2 aromatic rings. The molecule has 5 nitrogen and oxygen atoms in total. The second-order valence-electron chi connectivity index (χ2n) is 5.41. The number of benzene rings is 2. The fourth-order valence-corrected chi connectivity index (χ4v) is 2.44. The van der Waals surface area contributed by atoms with Crippen molar-refractivity contribution in [3.8, 4) is 17.6 Å². The number of nitrogens with one attached hydrogen (secondary N) is 1. The average molecular weight is 330 g/mol. The number of nitriles is 1. The summed E-state index contributed by atoms with van der Waals surface area (Å²) in [5.41, 5.74) is 1.19. The Bertz CT molecular complexity index is 744. The summed E-state index contributed by atoms with van der Waals surface area (Å²) in [5.74, 6) is -0.317. The lowest BCUT2D eigenvalue weighted by atomic mass is 9.99. The lowest BCUT2D eigenvalue weighted by Gasteiger charge is -2.17. The van der Waals surface area contributed by atoms with E-state index in [4.69, 9.17) is 10.00 Å². The van der Waals surface area contributed by atoms with Crippen LogP contribution in [0.5, 0.6) is 11.5 Å². The van der Waals surface area contributed by atoms with E-state index in [2.05, 4.69) is 5.32 Å². The Morgan fingerprint density at radius 1 is 1.33 bits per heavy atom. The molecular formula is C18H19FN2O3. The van der Waals surface area contributed by atoms with Crippen molar-refractivity contribution in [3.05, 3.63) is 53.3 Å². The number of aliphatic hydroxyl groups excluding tert-OH is 1. The molecule has 0 spiro atoms. The van der Waals surface area contributed by atoms with Gasteiger partial charge in [0.05, 0.1) is 12.8 Å². The topological polar surface area (TPSA) is 85.5 Å². The Labute approximate surface area is 139 Å². The minimum atomic E-state index is -0.580. The number of aliphatic hydroxyl groups is 1. The molecule has 0 amide bonds. The molecule has 6 heteroatoms. The molecule has 24 heavy (non-hydrogen) atoms. The Kier molecular flexibility index (Phi) is 5.99. The third-order valence-corrected chi connectivity index (χ3v) is 3.73. The minimum Gasteiger partial charge on any atom is -0.504 e. The molecule has 0 aliphatic carbocycles. The molecule has 0 unspecified atom stereocenters. The standard InChI is InChI=1S/C18H19FN2O3/c1-24-18-6-5-12(8-17(18)23)7-13(11-22)10-21-16-4-2-3-15(19)14(16)9-20/h2-6,8,13,21-23H,7,10-11H2,1H3/t13-/m1/s1. The van der Waals surface area contributed by atoms with Crippen LogP contribution in [0.25, 0.3) is 0 Å². The van der Waals surface area contributed by atoms with Gasteiger partial charge in [0.15, 0.2) is 11.5 Å². The van der Waals surface area contributed by atoms with Gasteiger partial charge in [0.25, 0.3) is 0 Å².